The second kappa shape index (κ2) is 20.7. The number of ether oxygens (including phenoxy) is 2. The fraction of sp³-hybridized carbons (Fsp3) is 0.812. The molecule has 0 bridgehead atoms. The highest BCUT2D eigenvalue weighted by Crippen LogP contribution is 2.03. The molecule has 0 aromatic heterocycles. The molecule has 0 radical (unpaired) electrons. The molecule has 0 saturated heterocycles. The van der Waals surface area contributed by atoms with Crippen LogP contribution in [0, 0.1) is 0 Å². The highest BCUT2D eigenvalue weighted by Gasteiger charge is 2.20. The van der Waals surface area contributed by atoms with Crippen LogP contribution in [0.15, 0.2) is 0 Å². The lowest BCUT2D eigenvalue weighted by atomic mass is 10.1. The Labute approximate surface area is 181 Å². The van der Waals surface area contributed by atoms with E-state index in [1.54, 1.807) is 0 Å². The van der Waals surface area contributed by atoms with Crippen LogP contribution >= 0.6 is 12.8 Å². The molecule has 13 nitrogen and oxygen atoms in total. The summed E-state index contributed by atoms with van der Waals surface area (Å²) in [6, 6.07) is -0.712. The van der Waals surface area contributed by atoms with Gasteiger partial charge in [-0.2, -0.15) is 5.48 Å². The van der Waals surface area contributed by atoms with E-state index in [1.165, 1.54) is 14.2 Å². The summed E-state index contributed by atoms with van der Waals surface area (Å²) in [5, 5.41) is 5.21. The zero-order chi connectivity index (χ0) is 22.5. The number of hydroxylamine groups is 2. The summed E-state index contributed by atoms with van der Waals surface area (Å²) in [6.45, 7) is 1.64. The molecule has 0 aromatic rings. The maximum absolute atomic E-state index is 11.9. The molecule has 5 N–H and O–H groups in total. The number of hydrogen-bond acceptors (Lipinski definition) is 12. The maximum atomic E-state index is 11.9. The molecule has 0 aromatic carbocycles. The number of carbonyl (C=O) groups excluding carboxylic acids is 3. The number of hydrogen-bond donors (Lipinski definition) is 6. The van der Waals surface area contributed by atoms with Gasteiger partial charge < -0.3 is 24.9 Å². The summed E-state index contributed by atoms with van der Waals surface area (Å²) in [5.74, 6) is -1.05. The number of amides is 2. The van der Waals surface area contributed by atoms with Gasteiger partial charge in [0.05, 0.1) is 13.2 Å². The fourth-order valence-corrected chi connectivity index (χ4v) is 2.13. The smallest absolute Gasteiger partial charge is 0.344 e. The topological polar surface area (TPSA) is 158 Å². The van der Waals surface area contributed by atoms with Gasteiger partial charge in [0.25, 0.3) is 0 Å². The Bertz CT molecular complexity index is 475. The van der Waals surface area contributed by atoms with Gasteiger partial charge in [0.1, 0.15) is 19.3 Å². The maximum Gasteiger partial charge on any atom is 0.344 e. The second-order valence-corrected chi connectivity index (χ2v) is 6.02. The molecular formula is C16H33N5O8S. The van der Waals surface area contributed by atoms with Crippen LogP contribution in [0.1, 0.15) is 19.3 Å². The van der Waals surface area contributed by atoms with Crippen LogP contribution in [0.25, 0.3) is 0 Å². The van der Waals surface area contributed by atoms with Gasteiger partial charge >= 0.3 is 5.97 Å². The predicted molar refractivity (Wildman–Crippen MR) is 109 cm³/mol. The number of carbonyl (C=O) groups is 3. The summed E-state index contributed by atoms with van der Waals surface area (Å²) in [6.07, 6.45) is 1.84. The molecule has 0 saturated carbocycles. The Morgan fingerprint density at radius 1 is 0.867 bits per heavy atom. The van der Waals surface area contributed by atoms with E-state index in [0.717, 1.165) is 6.42 Å². The van der Waals surface area contributed by atoms with Crippen molar-refractivity contribution >= 4 is 30.6 Å². The average molecular weight is 456 g/mol. The summed E-state index contributed by atoms with van der Waals surface area (Å²) in [4.78, 5) is 51.4. The summed E-state index contributed by atoms with van der Waals surface area (Å²) < 4.78 is 9.38. The first kappa shape index (κ1) is 28.5. The Morgan fingerprint density at radius 3 is 2.03 bits per heavy atom. The van der Waals surface area contributed by atoms with Gasteiger partial charge in [0.15, 0.2) is 0 Å². The van der Waals surface area contributed by atoms with Crippen molar-refractivity contribution in [1.82, 2.24) is 26.5 Å². The largest absolute Gasteiger partial charge is 0.375 e. The number of unbranched alkanes of at least 4 members (excludes halogenated alkanes) is 1. The predicted octanol–water partition coefficient (Wildman–Crippen LogP) is -2.01. The first-order valence-electron chi connectivity index (χ1n) is 9.38. The Hall–Kier alpha value is -1.52. The molecule has 0 spiro atoms. The van der Waals surface area contributed by atoms with Crippen LogP contribution in [-0.2, 0) is 38.4 Å². The van der Waals surface area contributed by atoms with Crippen LogP contribution in [0.5, 0.6) is 0 Å². The standard InChI is InChI=1S/C16H33N5O8S/c1-25-11-14(22)17-7-9-27-19-6-4-3-5-13(16(24)29-21-30)20-28-10-8-18-15(23)12-26-2/h13,19-21,30H,3-12H2,1-2H3,(H,17,22)(H,18,23). The number of nitrogens with one attached hydrogen (secondary N) is 5. The van der Waals surface area contributed by atoms with E-state index in [0.29, 0.717) is 32.5 Å². The molecular weight excluding hydrogens is 422 g/mol. The number of thiol groups is 1. The Kier molecular flexibility index (Phi) is 19.7. The van der Waals surface area contributed by atoms with Gasteiger partial charge in [-0.05, 0) is 19.3 Å². The van der Waals surface area contributed by atoms with Crippen molar-refractivity contribution in [2.45, 2.75) is 25.3 Å². The summed E-state index contributed by atoms with van der Waals surface area (Å²) >= 11 is 3.63. The van der Waals surface area contributed by atoms with E-state index in [1.807, 2.05) is 4.89 Å². The third kappa shape index (κ3) is 17.3. The van der Waals surface area contributed by atoms with Crippen molar-refractivity contribution in [3.63, 3.8) is 0 Å². The van der Waals surface area contributed by atoms with Gasteiger partial charge in [-0.3, -0.25) is 19.3 Å². The molecule has 1 atom stereocenters. The molecule has 14 heteroatoms. The fourth-order valence-electron chi connectivity index (χ4n) is 2.04. The SMILES string of the molecule is COCC(=O)NCCONCCCCC(NOCCNC(=O)COC)C(=O)ONS. The summed E-state index contributed by atoms with van der Waals surface area (Å²) in [5.41, 5.74) is 5.39. The minimum Gasteiger partial charge on any atom is -0.375 e. The normalized spacial score (nSPS) is 11.7. The van der Waals surface area contributed by atoms with Crippen molar-refractivity contribution in [1.29, 1.82) is 0 Å². The van der Waals surface area contributed by atoms with Crippen molar-refractivity contribution < 1.29 is 38.4 Å². The molecule has 2 amide bonds. The van der Waals surface area contributed by atoms with E-state index in [-0.39, 0.29) is 38.2 Å². The molecule has 0 heterocycles. The van der Waals surface area contributed by atoms with E-state index in [4.69, 9.17) is 9.68 Å². The minimum absolute atomic E-state index is 0.0139. The van der Waals surface area contributed by atoms with Crippen molar-refractivity contribution in [3.05, 3.63) is 0 Å². The first-order valence-corrected chi connectivity index (χ1v) is 9.82. The van der Waals surface area contributed by atoms with Gasteiger partial charge in [-0.1, -0.05) is 17.7 Å². The van der Waals surface area contributed by atoms with Crippen LogP contribution in [-0.4, -0.2) is 84.1 Å². The van der Waals surface area contributed by atoms with E-state index < -0.39 is 12.0 Å². The molecule has 0 aliphatic heterocycles. The average Bonchev–Trinajstić information content (AvgIpc) is 2.71. The van der Waals surface area contributed by atoms with Gasteiger partial charge in [0, 0.05) is 33.9 Å². The molecule has 0 aliphatic carbocycles. The molecule has 0 rings (SSSR count). The lowest BCUT2D eigenvalue weighted by Crippen LogP contribution is -2.41. The molecule has 0 fully saturated rings. The lowest BCUT2D eigenvalue weighted by molar-refractivity contribution is -0.154. The van der Waals surface area contributed by atoms with Crippen LogP contribution < -0.4 is 26.5 Å². The van der Waals surface area contributed by atoms with Gasteiger partial charge in [-0.15, -0.1) is 0 Å². The third-order valence-electron chi connectivity index (χ3n) is 3.38. The monoisotopic (exact) mass is 455 g/mol. The third-order valence-corrected chi connectivity index (χ3v) is 3.47. The number of rotatable bonds is 20. The van der Waals surface area contributed by atoms with E-state index in [2.05, 4.69) is 48.7 Å². The molecule has 0 aliphatic rings. The molecule has 30 heavy (non-hydrogen) atoms. The van der Waals surface area contributed by atoms with E-state index >= 15 is 0 Å². The van der Waals surface area contributed by atoms with Gasteiger partial charge in [0.2, 0.25) is 11.8 Å². The summed E-state index contributed by atoms with van der Waals surface area (Å²) in [7, 11) is 2.87. The lowest BCUT2D eigenvalue weighted by Gasteiger charge is -2.16. The van der Waals surface area contributed by atoms with Crippen molar-refractivity contribution in [3.8, 4) is 0 Å². The zero-order valence-corrected chi connectivity index (χ0v) is 18.3. The number of methoxy groups -OCH3 is 2. The zero-order valence-electron chi connectivity index (χ0n) is 17.4. The van der Waals surface area contributed by atoms with Gasteiger partial charge in [-0.25, -0.2) is 10.3 Å². The highest BCUT2D eigenvalue weighted by molar-refractivity contribution is 7.77. The Balaban J connectivity index is 3.84. The van der Waals surface area contributed by atoms with E-state index in [9.17, 15) is 14.4 Å². The molecule has 1 unspecified atom stereocenters. The second-order valence-electron chi connectivity index (χ2n) is 5.84. The quantitative estimate of drug-likeness (QED) is 0.0684. The van der Waals surface area contributed by atoms with Crippen LogP contribution in [0.4, 0.5) is 0 Å². The molecule has 176 valence electrons. The van der Waals surface area contributed by atoms with Crippen LogP contribution in [0.2, 0.25) is 0 Å². The Morgan fingerprint density at radius 2 is 1.47 bits per heavy atom. The minimum atomic E-state index is -0.712. The van der Waals surface area contributed by atoms with Crippen LogP contribution in [0.3, 0.4) is 0 Å². The first-order chi connectivity index (χ1) is 14.5. The highest BCUT2D eigenvalue weighted by atomic mass is 32.1. The van der Waals surface area contributed by atoms with Crippen molar-refractivity contribution in [2.75, 3.05) is 60.3 Å². The van der Waals surface area contributed by atoms with Crippen molar-refractivity contribution in [2.24, 2.45) is 0 Å².